The number of aryl methyl sites for hydroxylation is 1. The summed E-state index contributed by atoms with van der Waals surface area (Å²) < 4.78 is 0. The Hall–Kier alpha value is -2.00. The van der Waals surface area contributed by atoms with Crippen LogP contribution in [0.5, 0.6) is 0 Å². The Bertz CT molecular complexity index is 714. The van der Waals surface area contributed by atoms with E-state index in [4.69, 9.17) is 5.26 Å². The van der Waals surface area contributed by atoms with Crippen molar-refractivity contribution in [3.63, 3.8) is 0 Å². The van der Waals surface area contributed by atoms with E-state index in [1.807, 2.05) is 25.1 Å². The quantitative estimate of drug-likeness (QED) is 0.881. The molecule has 0 aliphatic carbocycles. The van der Waals surface area contributed by atoms with E-state index < -0.39 is 5.54 Å². The topological polar surface area (TPSA) is 72.8 Å². The van der Waals surface area contributed by atoms with Gasteiger partial charge in [-0.3, -0.25) is 4.79 Å². The van der Waals surface area contributed by atoms with Crippen LogP contribution < -0.4 is 0 Å². The van der Waals surface area contributed by atoms with Gasteiger partial charge in [0.1, 0.15) is 5.54 Å². The second kappa shape index (κ2) is 5.78. The van der Waals surface area contributed by atoms with Crippen molar-refractivity contribution in [1.82, 2.24) is 14.9 Å². The molecule has 0 unspecified atom stereocenters. The molecule has 0 saturated heterocycles. The van der Waals surface area contributed by atoms with Gasteiger partial charge in [-0.25, -0.2) is 4.98 Å². The third kappa shape index (κ3) is 3.37. The predicted molar refractivity (Wildman–Crippen MR) is 84.0 cm³/mol. The Labute approximate surface area is 128 Å². The van der Waals surface area contributed by atoms with E-state index in [1.165, 1.54) is 16.7 Å². The maximum Gasteiger partial charge on any atom is 0.234 e. The minimum Gasteiger partial charge on any atom is -0.333 e. The molecule has 1 aromatic carbocycles. The Morgan fingerprint density at radius 1 is 1.52 bits per heavy atom. The number of carbonyl (C=O) groups excluding carboxylic acids is 1. The SMILES string of the molecule is Cc1ccc2nc(SCC(=O)N(C)C(C)(C)C#N)[nH]c2c1. The van der Waals surface area contributed by atoms with Crippen molar-refractivity contribution in [2.75, 3.05) is 12.8 Å². The lowest BCUT2D eigenvalue weighted by Crippen LogP contribution is -2.44. The van der Waals surface area contributed by atoms with Crippen molar-refractivity contribution >= 4 is 28.7 Å². The number of hydrogen-bond acceptors (Lipinski definition) is 4. The molecule has 1 N–H and O–H groups in total. The zero-order valence-electron chi connectivity index (χ0n) is 12.6. The molecule has 0 aliphatic rings. The Morgan fingerprint density at radius 3 is 2.90 bits per heavy atom. The van der Waals surface area contributed by atoms with Crippen LogP contribution in [-0.4, -0.2) is 39.1 Å². The van der Waals surface area contributed by atoms with Gasteiger partial charge >= 0.3 is 0 Å². The molecule has 1 heterocycles. The molecule has 2 aromatic rings. The van der Waals surface area contributed by atoms with Gasteiger partial charge < -0.3 is 9.88 Å². The first-order valence-electron chi connectivity index (χ1n) is 6.60. The average Bonchev–Trinajstić information content (AvgIpc) is 2.85. The lowest BCUT2D eigenvalue weighted by molar-refractivity contribution is -0.130. The molecular weight excluding hydrogens is 284 g/mol. The summed E-state index contributed by atoms with van der Waals surface area (Å²) in [5.74, 6) is 0.156. The van der Waals surface area contributed by atoms with Gasteiger partial charge in [0, 0.05) is 7.05 Å². The molecule has 2 rings (SSSR count). The van der Waals surface area contributed by atoms with Crippen LogP contribution >= 0.6 is 11.8 Å². The van der Waals surface area contributed by atoms with Crippen molar-refractivity contribution in [1.29, 1.82) is 5.26 Å². The van der Waals surface area contributed by atoms with Crippen molar-refractivity contribution in [2.24, 2.45) is 0 Å². The van der Waals surface area contributed by atoms with Crippen molar-refractivity contribution in [3.8, 4) is 6.07 Å². The van der Waals surface area contributed by atoms with Crippen LogP contribution in [0.15, 0.2) is 23.4 Å². The average molecular weight is 302 g/mol. The number of hydrogen-bond donors (Lipinski definition) is 1. The van der Waals surface area contributed by atoms with E-state index in [2.05, 4.69) is 16.0 Å². The molecule has 5 nitrogen and oxygen atoms in total. The van der Waals surface area contributed by atoms with Crippen LogP contribution in [0.3, 0.4) is 0 Å². The van der Waals surface area contributed by atoms with Crippen LogP contribution in [-0.2, 0) is 4.79 Å². The molecule has 0 spiro atoms. The van der Waals surface area contributed by atoms with E-state index in [0.717, 1.165) is 16.6 Å². The lowest BCUT2D eigenvalue weighted by atomic mass is 10.1. The van der Waals surface area contributed by atoms with Crippen LogP contribution in [0.2, 0.25) is 0 Å². The largest absolute Gasteiger partial charge is 0.333 e. The molecule has 0 bridgehead atoms. The van der Waals surface area contributed by atoms with Gasteiger partial charge in [0.2, 0.25) is 5.91 Å². The standard InChI is InChI=1S/C15H18N4OS/c1-10-5-6-11-12(7-10)18-14(17-11)21-8-13(20)19(4)15(2,3)9-16/h5-7H,8H2,1-4H3,(H,17,18). The summed E-state index contributed by atoms with van der Waals surface area (Å²) in [5.41, 5.74) is 2.22. The van der Waals surface area contributed by atoms with Gasteiger partial charge in [-0.15, -0.1) is 0 Å². The van der Waals surface area contributed by atoms with Gasteiger partial charge in [-0.05, 0) is 38.5 Å². The highest BCUT2D eigenvalue weighted by molar-refractivity contribution is 7.99. The molecule has 0 atom stereocenters. The Kier molecular flexibility index (Phi) is 4.24. The second-order valence-electron chi connectivity index (χ2n) is 5.47. The Morgan fingerprint density at radius 2 is 2.24 bits per heavy atom. The highest BCUT2D eigenvalue weighted by atomic mass is 32.2. The van der Waals surface area contributed by atoms with Crippen LogP contribution in [0.25, 0.3) is 11.0 Å². The number of thioether (sulfide) groups is 1. The lowest BCUT2D eigenvalue weighted by Gasteiger charge is -2.28. The number of nitrogens with one attached hydrogen (secondary N) is 1. The van der Waals surface area contributed by atoms with Gasteiger partial charge in [0.05, 0.1) is 22.9 Å². The minimum absolute atomic E-state index is 0.0943. The molecule has 0 aliphatic heterocycles. The smallest absolute Gasteiger partial charge is 0.234 e. The summed E-state index contributed by atoms with van der Waals surface area (Å²) in [6.45, 7) is 5.47. The number of rotatable bonds is 4. The summed E-state index contributed by atoms with van der Waals surface area (Å²) in [5, 5.41) is 9.77. The number of carbonyl (C=O) groups is 1. The van der Waals surface area contributed by atoms with Crippen LogP contribution in [0, 0.1) is 18.3 Å². The van der Waals surface area contributed by atoms with E-state index >= 15 is 0 Å². The zero-order valence-corrected chi connectivity index (χ0v) is 13.4. The number of H-pyrrole nitrogens is 1. The first-order valence-corrected chi connectivity index (χ1v) is 7.59. The number of amides is 1. The van der Waals surface area contributed by atoms with Crippen LogP contribution in [0.1, 0.15) is 19.4 Å². The number of aromatic amines is 1. The van der Waals surface area contributed by atoms with Crippen molar-refractivity contribution < 1.29 is 4.79 Å². The Balaban J connectivity index is 2.05. The van der Waals surface area contributed by atoms with Gasteiger partial charge in [-0.1, -0.05) is 17.8 Å². The maximum absolute atomic E-state index is 12.1. The van der Waals surface area contributed by atoms with Crippen LogP contribution in [0.4, 0.5) is 0 Å². The number of fused-ring (bicyclic) bond motifs is 1. The molecule has 0 fully saturated rings. The van der Waals surface area contributed by atoms with E-state index in [0.29, 0.717) is 5.16 Å². The highest BCUT2D eigenvalue weighted by Gasteiger charge is 2.27. The fourth-order valence-electron chi connectivity index (χ4n) is 1.78. The molecule has 21 heavy (non-hydrogen) atoms. The van der Waals surface area contributed by atoms with E-state index in [1.54, 1.807) is 20.9 Å². The molecule has 0 saturated carbocycles. The van der Waals surface area contributed by atoms with Crippen molar-refractivity contribution in [2.45, 2.75) is 31.5 Å². The summed E-state index contributed by atoms with van der Waals surface area (Å²) in [6.07, 6.45) is 0. The summed E-state index contributed by atoms with van der Waals surface area (Å²) in [4.78, 5) is 21.2. The first-order chi connectivity index (χ1) is 9.83. The fraction of sp³-hybridized carbons (Fsp3) is 0.400. The highest BCUT2D eigenvalue weighted by Crippen LogP contribution is 2.21. The first kappa shape index (κ1) is 15.4. The number of benzene rings is 1. The second-order valence-corrected chi connectivity index (χ2v) is 6.44. The third-order valence-electron chi connectivity index (χ3n) is 3.43. The van der Waals surface area contributed by atoms with Gasteiger partial charge in [-0.2, -0.15) is 5.26 Å². The number of imidazole rings is 1. The molecule has 0 radical (unpaired) electrons. The summed E-state index contributed by atoms with van der Waals surface area (Å²) >= 11 is 1.35. The third-order valence-corrected chi connectivity index (χ3v) is 4.29. The van der Waals surface area contributed by atoms with E-state index in [-0.39, 0.29) is 11.7 Å². The van der Waals surface area contributed by atoms with E-state index in [9.17, 15) is 4.79 Å². The molecular formula is C15H18N4OS. The molecule has 110 valence electrons. The normalized spacial score (nSPS) is 11.4. The number of nitriles is 1. The summed E-state index contributed by atoms with van der Waals surface area (Å²) in [7, 11) is 1.65. The minimum atomic E-state index is -0.803. The maximum atomic E-state index is 12.1. The summed E-state index contributed by atoms with van der Waals surface area (Å²) in [6, 6.07) is 8.11. The van der Waals surface area contributed by atoms with Gasteiger partial charge in [0.25, 0.3) is 0 Å². The predicted octanol–water partition coefficient (Wildman–Crippen LogP) is 2.72. The monoisotopic (exact) mass is 302 g/mol. The molecule has 1 aromatic heterocycles. The number of nitrogens with zero attached hydrogens (tertiary/aromatic N) is 3. The van der Waals surface area contributed by atoms with Crippen molar-refractivity contribution in [3.05, 3.63) is 23.8 Å². The molecule has 1 amide bonds. The zero-order chi connectivity index (χ0) is 15.6. The van der Waals surface area contributed by atoms with Gasteiger partial charge in [0.15, 0.2) is 5.16 Å². The molecule has 6 heteroatoms. The fourth-order valence-corrected chi connectivity index (χ4v) is 2.58. The number of aromatic nitrogens is 2.